The molecule has 2 rings (SSSR count). The first kappa shape index (κ1) is 12.9. The van der Waals surface area contributed by atoms with Gasteiger partial charge in [0.2, 0.25) is 0 Å². The number of esters is 1. The highest BCUT2D eigenvalue weighted by atomic mass is 32.1. The maximum atomic E-state index is 11.6. The Balaban J connectivity index is 2.39. The second kappa shape index (κ2) is 5.40. The molecule has 18 heavy (non-hydrogen) atoms. The molecule has 3 nitrogen and oxygen atoms in total. The molecule has 0 aliphatic heterocycles. The molecule has 2 heterocycles. The van der Waals surface area contributed by atoms with Crippen molar-refractivity contribution in [3.05, 3.63) is 45.9 Å². The van der Waals surface area contributed by atoms with Gasteiger partial charge in [0.05, 0.1) is 19.6 Å². The largest absolute Gasteiger partial charge is 0.469 e. The van der Waals surface area contributed by atoms with Crippen LogP contribution in [0.2, 0.25) is 0 Å². The Kier molecular flexibility index (Phi) is 3.87. The lowest BCUT2D eigenvalue weighted by Crippen LogP contribution is -2.17. The van der Waals surface area contributed by atoms with Gasteiger partial charge in [-0.25, -0.2) is 0 Å². The van der Waals surface area contributed by atoms with Gasteiger partial charge >= 0.3 is 5.97 Å². The summed E-state index contributed by atoms with van der Waals surface area (Å²) in [5, 5.41) is 4.13. The first-order chi connectivity index (χ1) is 8.63. The first-order valence-corrected chi connectivity index (χ1v) is 6.81. The van der Waals surface area contributed by atoms with Crippen LogP contribution in [0, 0.1) is 13.8 Å². The van der Waals surface area contributed by atoms with Crippen LogP contribution in [-0.2, 0) is 9.53 Å². The normalized spacial score (nSPS) is 12.4. The van der Waals surface area contributed by atoms with Crippen molar-refractivity contribution < 1.29 is 9.53 Å². The molecule has 0 aliphatic rings. The molecule has 2 aromatic rings. The van der Waals surface area contributed by atoms with E-state index < -0.39 is 0 Å². The zero-order valence-corrected chi connectivity index (χ0v) is 11.7. The van der Waals surface area contributed by atoms with Gasteiger partial charge in [-0.1, -0.05) is 0 Å². The number of rotatable bonds is 4. The number of thiophene rings is 1. The number of hydrogen-bond acceptors (Lipinski definition) is 3. The smallest absolute Gasteiger partial charge is 0.307 e. The molecule has 0 N–H and O–H groups in total. The number of nitrogens with zero attached hydrogens (tertiary/aromatic N) is 1. The lowest BCUT2D eigenvalue weighted by atomic mass is 10.1. The fourth-order valence-electron chi connectivity index (χ4n) is 2.24. The van der Waals surface area contributed by atoms with E-state index in [1.54, 1.807) is 11.3 Å². The number of aromatic nitrogens is 1. The highest BCUT2D eigenvalue weighted by Gasteiger charge is 2.21. The molecular formula is C14H17NO2S. The van der Waals surface area contributed by atoms with Gasteiger partial charge in [0, 0.05) is 11.4 Å². The lowest BCUT2D eigenvalue weighted by Gasteiger charge is -2.21. The van der Waals surface area contributed by atoms with Gasteiger partial charge in [-0.2, -0.15) is 11.3 Å². The molecule has 96 valence electrons. The summed E-state index contributed by atoms with van der Waals surface area (Å²) in [4.78, 5) is 11.6. The van der Waals surface area contributed by atoms with Crippen LogP contribution >= 0.6 is 11.3 Å². The van der Waals surface area contributed by atoms with E-state index in [1.165, 1.54) is 7.11 Å². The van der Waals surface area contributed by atoms with Gasteiger partial charge in [0.1, 0.15) is 0 Å². The molecule has 0 amide bonds. The highest BCUT2D eigenvalue weighted by Crippen LogP contribution is 2.28. The van der Waals surface area contributed by atoms with Gasteiger partial charge in [0.15, 0.2) is 0 Å². The van der Waals surface area contributed by atoms with Crippen molar-refractivity contribution in [2.45, 2.75) is 26.3 Å². The number of hydrogen-bond donors (Lipinski definition) is 0. The Hall–Kier alpha value is -1.55. The Morgan fingerprint density at radius 1 is 1.33 bits per heavy atom. The topological polar surface area (TPSA) is 31.2 Å². The maximum Gasteiger partial charge on any atom is 0.307 e. The van der Waals surface area contributed by atoms with E-state index in [1.807, 2.05) is 5.38 Å². The zero-order valence-electron chi connectivity index (χ0n) is 10.8. The third-order valence-electron chi connectivity index (χ3n) is 3.15. The molecule has 0 bridgehead atoms. The van der Waals surface area contributed by atoms with Crippen molar-refractivity contribution in [1.29, 1.82) is 0 Å². The number of carbonyl (C=O) groups is 1. The molecule has 4 heteroatoms. The van der Waals surface area contributed by atoms with Crippen LogP contribution in [0.25, 0.3) is 0 Å². The molecule has 1 atom stereocenters. The van der Waals surface area contributed by atoms with E-state index in [0.29, 0.717) is 6.42 Å². The average molecular weight is 263 g/mol. The fraction of sp³-hybridized carbons (Fsp3) is 0.357. The summed E-state index contributed by atoms with van der Waals surface area (Å²) < 4.78 is 7.00. The van der Waals surface area contributed by atoms with E-state index in [9.17, 15) is 4.79 Å². The molecule has 0 saturated heterocycles. The van der Waals surface area contributed by atoms with Crippen LogP contribution in [-0.4, -0.2) is 17.6 Å². The Morgan fingerprint density at radius 2 is 2.00 bits per heavy atom. The minimum Gasteiger partial charge on any atom is -0.469 e. The minimum absolute atomic E-state index is 0.0266. The van der Waals surface area contributed by atoms with E-state index in [0.717, 1.165) is 17.0 Å². The van der Waals surface area contributed by atoms with Crippen molar-refractivity contribution in [1.82, 2.24) is 4.57 Å². The summed E-state index contributed by atoms with van der Waals surface area (Å²) in [6.07, 6.45) is 0.365. The molecule has 0 radical (unpaired) electrons. The summed E-state index contributed by atoms with van der Waals surface area (Å²) in [6.45, 7) is 4.12. The molecular weight excluding hydrogens is 246 g/mol. The predicted octanol–water partition coefficient (Wildman–Crippen LogP) is 3.32. The Labute approximate surface area is 111 Å². The van der Waals surface area contributed by atoms with Gasteiger partial charge in [0.25, 0.3) is 0 Å². The Morgan fingerprint density at radius 3 is 2.50 bits per heavy atom. The molecule has 0 spiro atoms. The maximum absolute atomic E-state index is 11.6. The fourth-order valence-corrected chi connectivity index (χ4v) is 2.94. The zero-order chi connectivity index (χ0) is 13.1. The van der Waals surface area contributed by atoms with Crippen molar-refractivity contribution in [2.24, 2.45) is 0 Å². The average Bonchev–Trinajstić information content (AvgIpc) is 2.98. The van der Waals surface area contributed by atoms with E-state index >= 15 is 0 Å². The van der Waals surface area contributed by atoms with Crippen molar-refractivity contribution >= 4 is 17.3 Å². The number of ether oxygens (including phenoxy) is 1. The van der Waals surface area contributed by atoms with Crippen LogP contribution < -0.4 is 0 Å². The van der Waals surface area contributed by atoms with Gasteiger partial charge in [-0.15, -0.1) is 0 Å². The molecule has 0 aromatic carbocycles. The van der Waals surface area contributed by atoms with Crippen molar-refractivity contribution in [3.63, 3.8) is 0 Å². The van der Waals surface area contributed by atoms with E-state index in [4.69, 9.17) is 4.74 Å². The van der Waals surface area contributed by atoms with Crippen LogP contribution in [0.5, 0.6) is 0 Å². The van der Waals surface area contributed by atoms with E-state index in [2.05, 4.69) is 42.0 Å². The molecule has 0 unspecified atom stereocenters. The third kappa shape index (κ3) is 2.48. The molecule has 0 saturated carbocycles. The monoisotopic (exact) mass is 263 g/mol. The standard InChI is InChI=1S/C14H17NO2S/c1-10-4-5-11(2)15(10)13(8-14(16)17-3)12-6-7-18-9-12/h4-7,9,13H,8H2,1-3H3/t13-/m0/s1. The van der Waals surface area contributed by atoms with Crippen LogP contribution in [0.4, 0.5) is 0 Å². The lowest BCUT2D eigenvalue weighted by molar-refractivity contribution is -0.141. The molecule has 0 aliphatic carbocycles. The van der Waals surface area contributed by atoms with Crippen molar-refractivity contribution in [3.8, 4) is 0 Å². The summed E-state index contributed by atoms with van der Waals surface area (Å²) in [7, 11) is 1.43. The minimum atomic E-state index is -0.182. The molecule has 2 aromatic heterocycles. The van der Waals surface area contributed by atoms with Gasteiger partial charge in [-0.3, -0.25) is 4.79 Å². The van der Waals surface area contributed by atoms with Crippen LogP contribution in [0.1, 0.15) is 29.4 Å². The second-order valence-electron chi connectivity index (χ2n) is 4.34. The number of carbonyl (C=O) groups excluding carboxylic acids is 1. The first-order valence-electron chi connectivity index (χ1n) is 5.87. The van der Waals surface area contributed by atoms with Crippen LogP contribution in [0.3, 0.4) is 0 Å². The summed E-state index contributed by atoms with van der Waals surface area (Å²) in [5.41, 5.74) is 3.48. The summed E-state index contributed by atoms with van der Waals surface area (Å²) in [6, 6.07) is 6.24. The van der Waals surface area contributed by atoms with E-state index in [-0.39, 0.29) is 12.0 Å². The predicted molar refractivity (Wildman–Crippen MR) is 73.0 cm³/mol. The third-order valence-corrected chi connectivity index (χ3v) is 3.85. The van der Waals surface area contributed by atoms with Gasteiger partial charge in [-0.05, 0) is 48.4 Å². The quantitative estimate of drug-likeness (QED) is 0.792. The van der Waals surface area contributed by atoms with Crippen molar-refractivity contribution in [2.75, 3.05) is 7.11 Å². The number of methoxy groups -OCH3 is 1. The number of aryl methyl sites for hydroxylation is 2. The van der Waals surface area contributed by atoms with Gasteiger partial charge < -0.3 is 9.30 Å². The van der Waals surface area contributed by atoms with Crippen LogP contribution in [0.15, 0.2) is 29.0 Å². The Bertz CT molecular complexity index is 508. The molecule has 0 fully saturated rings. The highest BCUT2D eigenvalue weighted by molar-refractivity contribution is 7.07. The summed E-state index contributed by atoms with van der Waals surface area (Å²) >= 11 is 1.65. The summed E-state index contributed by atoms with van der Waals surface area (Å²) in [5.74, 6) is -0.182. The second-order valence-corrected chi connectivity index (χ2v) is 5.12. The SMILES string of the molecule is COC(=O)C[C@@H](c1ccsc1)n1c(C)ccc1C.